The summed E-state index contributed by atoms with van der Waals surface area (Å²) in [4.78, 5) is 41.4. The number of nitrogens with zero attached hydrogens (tertiary/aromatic N) is 2. The van der Waals surface area contributed by atoms with Crippen molar-refractivity contribution >= 4 is 29.4 Å². The van der Waals surface area contributed by atoms with Crippen molar-refractivity contribution in [1.82, 2.24) is 20.4 Å². The molecule has 4 rings (SSSR count). The summed E-state index contributed by atoms with van der Waals surface area (Å²) < 4.78 is 38.8. The first-order valence-electron chi connectivity index (χ1n) is 10.8. The Bertz CT molecular complexity index is 1230. The van der Waals surface area contributed by atoms with E-state index in [1.807, 2.05) is 0 Å². The van der Waals surface area contributed by atoms with Gasteiger partial charge in [-0.05, 0) is 36.2 Å². The number of carbonyl (C=O) groups excluding carboxylic acids is 3. The van der Waals surface area contributed by atoms with Crippen LogP contribution in [0.25, 0.3) is 0 Å². The van der Waals surface area contributed by atoms with Crippen molar-refractivity contribution in [3.05, 3.63) is 81.5 Å². The monoisotopic (exact) mass is 506 g/mol. The van der Waals surface area contributed by atoms with Crippen LogP contribution in [0.5, 0.6) is 0 Å². The highest BCUT2D eigenvalue weighted by Gasteiger charge is 2.45. The number of carbonyl (C=O) groups is 3. The molecule has 2 aliphatic rings. The minimum absolute atomic E-state index is 0.0250. The van der Waals surface area contributed by atoms with E-state index in [0.29, 0.717) is 21.9 Å². The molecule has 11 heteroatoms. The van der Waals surface area contributed by atoms with Crippen LogP contribution in [0.3, 0.4) is 0 Å². The maximum absolute atomic E-state index is 13.4. The molecule has 0 spiro atoms. The van der Waals surface area contributed by atoms with Gasteiger partial charge in [0.2, 0.25) is 5.91 Å². The van der Waals surface area contributed by atoms with Gasteiger partial charge in [0.05, 0.1) is 29.4 Å². The second kappa shape index (κ2) is 9.26. The first kappa shape index (κ1) is 24.6. The first-order valence-corrected chi connectivity index (χ1v) is 11.1. The zero-order valence-electron chi connectivity index (χ0n) is 18.8. The Morgan fingerprint density at radius 1 is 1.20 bits per heavy atom. The molecule has 2 aliphatic heterocycles. The lowest BCUT2D eigenvalue weighted by molar-refractivity contribution is -0.137. The number of amides is 4. The fourth-order valence-electron chi connectivity index (χ4n) is 4.18. The van der Waals surface area contributed by atoms with Gasteiger partial charge in [0, 0.05) is 18.6 Å². The Kier molecular flexibility index (Phi) is 6.50. The van der Waals surface area contributed by atoms with E-state index in [2.05, 4.69) is 10.6 Å². The predicted octanol–water partition coefficient (Wildman–Crippen LogP) is 3.86. The summed E-state index contributed by atoms with van der Waals surface area (Å²) >= 11 is 6.32. The summed E-state index contributed by atoms with van der Waals surface area (Å²) in [5.41, 5.74) is 0.799. The Morgan fingerprint density at radius 2 is 1.91 bits per heavy atom. The molecule has 0 saturated heterocycles. The van der Waals surface area contributed by atoms with Crippen molar-refractivity contribution in [2.75, 3.05) is 13.6 Å². The van der Waals surface area contributed by atoms with Gasteiger partial charge in [-0.2, -0.15) is 13.2 Å². The molecule has 0 unspecified atom stereocenters. The van der Waals surface area contributed by atoms with Crippen LogP contribution in [-0.2, 0) is 22.3 Å². The van der Waals surface area contributed by atoms with E-state index in [1.54, 1.807) is 24.3 Å². The molecule has 0 fully saturated rings. The van der Waals surface area contributed by atoms with Crippen LogP contribution < -0.4 is 10.6 Å². The van der Waals surface area contributed by atoms with Crippen LogP contribution >= 0.6 is 11.6 Å². The number of likely N-dealkylation sites (N-methyl/N-ethyl adjacent to an activating group) is 1. The third-order valence-electron chi connectivity index (χ3n) is 6.17. The number of benzene rings is 2. The van der Waals surface area contributed by atoms with Crippen LogP contribution in [0.4, 0.5) is 18.0 Å². The van der Waals surface area contributed by atoms with Gasteiger partial charge in [0.25, 0.3) is 5.91 Å². The van der Waals surface area contributed by atoms with Crippen LogP contribution in [-0.4, -0.2) is 47.3 Å². The van der Waals surface area contributed by atoms with Crippen molar-refractivity contribution in [1.29, 1.82) is 0 Å². The lowest BCUT2D eigenvalue weighted by atomic mass is 9.95. The number of rotatable bonds is 5. The van der Waals surface area contributed by atoms with Gasteiger partial charge in [-0.25, -0.2) is 4.79 Å². The Morgan fingerprint density at radius 3 is 2.60 bits per heavy atom. The van der Waals surface area contributed by atoms with Crippen molar-refractivity contribution in [3.63, 3.8) is 0 Å². The smallest absolute Gasteiger partial charge is 0.350 e. The molecular weight excluding hydrogens is 485 g/mol. The fraction of sp³-hybridized carbons (Fsp3) is 0.292. The summed E-state index contributed by atoms with van der Waals surface area (Å²) in [6.45, 7) is 1.42. The summed E-state index contributed by atoms with van der Waals surface area (Å²) in [7, 11) is 1.53. The average molecular weight is 507 g/mol. The second-order valence-electron chi connectivity index (χ2n) is 8.35. The maximum Gasteiger partial charge on any atom is 0.416 e. The van der Waals surface area contributed by atoms with Crippen LogP contribution in [0.1, 0.15) is 29.7 Å². The second-order valence-corrected chi connectivity index (χ2v) is 8.76. The van der Waals surface area contributed by atoms with Crippen molar-refractivity contribution in [2.24, 2.45) is 0 Å². The van der Waals surface area contributed by atoms with Crippen LogP contribution in [0.15, 0.2) is 59.8 Å². The first-order chi connectivity index (χ1) is 16.5. The van der Waals surface area contributed by atoms with Crippen LogP contribution in [0, 0.1) is 0 Å². The molecule has 0 saturated carbocycles. The Balaban J connectivity index is 1.51. The Hall–Kier alpha value is -3.53. The molecule has 4 amide bonds. The van der Waals surface area contributed by atoms with E-state index in [9.17, 15) is 27.6 Å². The van der Waals surface area contributed by atoms with E-state index >= 15 is 0 Å². The molecule has 184 valence electrons. The van der Waals surface area contributed by atoms with Gasteiger partial charge < -0.3 is 15.5 Å². The molecule has 0 radical (unpaired) electrons. The van der Waals surface area contributed by atoms with Gasteiger partial charge >= 0.3 is 12.2 Å². The molecule has 7 nitrogen and oxygen atoms in total. The minimum Gasteiger partial charge on any atom is -0.350 e. The number of hydrogen-bond donors (Lipinski definition) is 2. The summed E-state index contributed by atoms with van der Waals surface area (Å²) in [6.07, 6.45) is -4.49. The fourth-order valence-corrected chi connectivity index (χ4v) is 4.42. The number of halogens is 4. The van der Waals surface area contributed by atoms with Gasteiger partial charge in [-0.1, -0.05) is 41.9 Å². The highest BCUT2D eigenvalue weighted by molar-refractivity contribution is 6.31. The van der Waals surface area contributed by atoms with Crippen molar-refractivity contribution < 1.29 is 27.6 Å². The van der Waals surface area contributed by atoms with E-state index in [0.717, 1.165) is 12.1 Å². The van der Waals surface area contributed by atoms with Crippen LogP contribution in [0.2, 0.25) is 5.02 Å². The van der Waals surface area contributed by atoms with E-state index in [1.165, 1.54) is 35.9 Å². The largest absolute Gasteiger partial charge is 0.416 e. The molecule has 2 N–H and O–H groups in total. The SMILES string of the molecule is C[C@H](C(=O)NCc1cccc(C(F)(F)F)c1)N1CC2=C(C1=O)[C@@H](c1ccccc1Cl)NC(=O)N2C. The quantitative estimate of drug-likeness (QED) is 0.646. The number of nitrogens with one attached hydrogen (secondary N) is 2. The molecular formula is C24H22ClF3N4O3. The van der Waals surface area contributed by atoms with Gasteiger partial charge in [0.1, 0.15) is 6.04 Å². The Labute approximate surface area is 204 Å². The van der Waals surface area contributed by atoms with E-state index < -0.39 is 41.7 Å². The summed E-state index contributed by atoms with van der Waals surface area (Å²) in [6, 6.07) is 9.38. The minimum atomic E-state index is -4.49. The average Bonchev–Trinajstić information content (AvgIpc) is 3.17. The molecule has 0 bridgehead atoms. The lowest BCUT2D eigenvalue weighted by Gasteiger charge is -2.31. The number of hydrogen-bond acceptors (Lipinski definition) is 3. The van der Waals surface area contributed by atoms with E-state index in [4.69, 9.17) is 11.6 Å². The van der Waals surface area contributed by atoms with Crippen molar-refractivity contribution in [3.8, 4) is 0 Å². The highest BCUT2D eigenvalue weighted by atomic mass is 35.5. The highest BCUT2D eigenvalue weighted by Crippen LogP contribution is 2.38. The lowest BCUT2D eigenvalue weighted by Crippen LogP contribution is -2.46. The van der Waals surface area contributed by atoms with E-state index in [-0.39, 0.29) is 18.7 Å². The molecule has 2 aromatic carbocycles. The topological polar surface area (TPSA) is 81.8 Å². The van der Waals surface area contributed by atoms with Crippen molar-refractivity contribution in [2.45, 2.75) is 31.7 Å². The maximum atomic E-state index is 13.4. The molecule has 2 atom stereocenters. The standard InChI is InChI=1S/C24H22ClF3N4O3/c1-13(21(33)29-11-14-6-5-7-15(10-14)24(26,27)28)32-12-18-19(22(32)34)20(30-23(35)31(18)2)16-8-3-4-9-17(16)25/h3-10,13,20H,11-12H2,1-2H3,(H,29,33)(H,30,35)/t13-,20-/m1/s1. The normalized spacial score (nSPS) is 19.0. The zero-order chi connectivity index (χ0) is 25.5. The van der Waals surface area contributed by atoms with Gasteiger partial charge in [-0.3, -0.25) is 14.5 Å². The zero-order valence-corrected chi connectivity index (χ0v) is 19.6. The predicted molar refractivity (Wildman–Crippen MR) is 122 cm³/mol. The summed E-state index contributed by atoms with van der Waals surface area (Å²) in [5.74, 6) is -0.967. The molecule has 35 heavy (non-hydrogen) atoms. The third kappa shape index (κ3) is 4.70. The van der Waals surface area contributed by atoms with Gasteiger partial charge in [-0.15, -0.1) is 0 Å². The summed E-state index contributed by atoms with van der Waals surface area (Å²) in [5, 5.41) is 5.76. The molecule has 0 aliphatic carbocycles. The number of urea groups is 1. The molecule has 2 heterocycles. The third-order valence-corrected chi connectivity index (χ3v) is 6.52. The molecule has 0 aromatic heterocycles. The van der Waals surface area contributed by atoms with Gasteiger partial charge in [0.15, 0.2) is 0 Å². The number of alkyl halides is 3. The molecule has 2 aromatic rings.